The lowest BCUT2D eigenvalue weighted by Gasteiger charge is -2.38. The molecule has 1 amide bonds. The molecule has 2 aromatic heterocycles. The molecule has 2 aliphatic heterocycles. The standard InChI is InChI=1S/C41H51F2N5O7Si/c1-23(2)56(24(3)4,25(5)6)15-14-30-33(42)13-10-26-16-29(54-22-50-7)17-31(35(26)30)37-36(43)38-32(20-45-37)39(47-40(46-38)53-21-34(51-8)52-9)55-41(49)48-27-11-12-28(48)19-44-18-27/h10,13,16-17,20,23-25,27-28,34,44H,11-12,18-19,21-22H2,1-9H3. The summed E-state index contributed by atoms with van der Waals surface area (Å²) in [5.41, 5.74) is 4.48. The van der Waals surface area contributed by atoms with E-state index in [2.05, 4.69) is 73.3 Å². The first-order valence-corrected chi connectivity index (χ1v) is 21.2. The maximum Gasteiger partial charge on any atom is 0.417 e. The second kappa shape index (κ2) is 17.4. The first kappa shape index (κ1) is 41.2. The maximum absolute atomic E-state index is 17.3. The third kappa shape index (κ3) is 7.90. The minimum Gasteiger partial charge on any atom is -0.468 e. The molecule has 6 rings (SSSR count). The van der Waals surface area contributed by atoms with Gasteiger partial charge in [0.2, 0.25) is 5.88 Å². The van der Waals surface area contributed by atoms with E-state index in [9.17, 15) is 4.79 Å². The Labute approximate surface area is 327 Å². The number of fused-ring (bicyclic) bond motifs is 4. The van der Waals surface area contributed by atoms with E-state index in [-0.39, 0.29) is 65.1 Å². The van der Waals surface area contributed by atoms with Gasteiger partial charge in [0.25, 0.3) is 0 Å². The van der Waals surface area contributed by atoms with E-state index in [1.54, 1.807) is 23.1 Å². The van der Waals surface area contributed by atoms with Crippen molar-refractivity contribution < 1.29 is 42.0 Å². The second-order valence-electron chi connectivity index (χ2n) is 15.2. The van der Waals surface area contributed by atoms with Crippen molar-refractivity contribution in [2.75, 3.05) is 47.8 Å². The van der Waals surface area contributed by atoms with Crippen molar-refractivity contribution in [3.05, 3.63) is 47.7 Å². The van der Waals surface area contributed by atoms with Crippen LogP contribution in [0.3, 0.4) is 0 Å². The molecular weight excluding hydrogens is 741 g/mol. The lowest BCUT2D eigenvalue weighted by atomic mass is 9.95. The quantitative estimate of drug-likeness (QED) is 0.0817. The normalized spacial score (nSPS) is 17.0. The highest BCUT2D eigenvalue weighted by Crippen LogP contribution is 2.42. The lowest BCUT2D eigenvalue weighted by molar-refractivity contribution is -0.123. The molecule has 2 saturated heterocycles. The summed E-state index contributed by atoms with van der Waals surface area (Å²) in [6.07, 6.45) is 1.62. The third-order valence-electron chi connectivity index (χ3n) is 11.2. The van der Waals surface area contributed by atoms with Gasteiger partial charge in [-0.1, -0.05) is 53.5 Å². The summed E-state index contributed by atoms with van der Waals surface area (Å²) in [6, 6.07) is 5.92. The van der Waals surface area contributed by atoms with Crippen LogP contribution < -0.4 is 19.5 Å². The van der Waals surface area contributed by atoms with E-state index in [1.165, 1.54) is 33.6 Å². The monoisotopic (exact) mass is 791 g/mol. The second-order valence-corrected chi connectivity index (χ2v) is 20.8. The zero-order chi connectivity index (χ0) is 40.3. The van der Waals surface area contributed by atoms with E-state index in [0.29, 0.717) is 46.2 Å². The van der Waals surface area contributed by atoms with Gasteiger partial charge in [-0.05, 0) is 53.1 Å². The Bertz CT molecular complexity index is 2100. The summed E-state index contributed by atoms with van der Waals surface area (Å²) in [5, 5.41) is 4.30. The molecule has 2 unspecified atom stereocenters. The number of benzene rings is 2. The first-order valence-electron chi connectivity index (χ1n) is 19.0. The molecule has 0 aliphatic carbocycles. The maximum atomic E-state index is 17.3. The number of hydrogen-bond donors (Lipinski definition) is 1. The highest BCUT2D eigenvalue weighted by atomic mass is 28.3. The van der Waals surface area contributed by atoms with E-state index in [4.69, 9.17) is 28.4 Å². The predicted octanol–water partition coefficient (Wildman–Crippen LogP) is 7.61. The number of nitrogens with one attached hydrogen (secondary N) is 1. The van der Waals surface area contributed by atoms with Crippen molar-refractivity contribution in [2.45, 2.75) is 89.4 Å². The van der Waals surface area contributed by atoms with Crippen LogP contribution in [-0.4, -0.2) is 100 Å². The van der Waals surface area contributed by atoms with Crippen LogP contribution in [0.15, 0.2) is 30.5 Å². The molecule has 2 atom stereocenters. The van der Waals surface area contributed by atoms with Gasteiger partial charge in [0, 0.05) is 63.6 Å². The fourth-order valence-electron chi connectivity index (χ4n) is 8.46. The Balaban J connectivity index is 1.56. The van der Waals surface area contributed by atoms with E-state index < -0.39 is 32.1 Å². The summed E-state index contributed by atoms with van der Waals surface area (Å²) in [7, 11) is 2.06. The van der Waals surface area contributed by atoms with Crippen LogP contribution in [-0.2, 0) is 14.2 Å². The van der Waals surface area contributed by atoms with E-state index >= 15 is 8.78 Å². The topological polar surface area (TPSA) is 126 Å². The molecule has 4 heterocycles. The fraction of sp³-hybridized carbons (Fsp3) is 0.512. The summed E-state index contributed by atoms with van der Waals surface area (Å²) in [5.74, 6) is 1.96. The van der Waals surface area contributed by atoms with Gasteiger partial charge < -0.3 is 33.7 Å². The molecule has 1 N–H and O–H groups in total. The molecule has 56 heavy (non-hydrogen) atoms. The van der Waals surface area contributed by atoms with Crippen LogP contribution in [0.4, 0.5) is 13.6 Å². The molecule has 2 bridgehead atoms. The smallest absolute Gasteiger partial charge is 0.417 e. The van der Waals surface area contributed by atoms with E-state index in [0.717, 1.165) is 12.8 Å². The van der Waals surface area contributed by atoms with Crippen molar-refractivity contribution in [2.24, 2.45) is 0 Å². The number of ether oxygens (including phenoxy) is 6. The highest BCUT2D eigenvalue weighted by Gasteiger charge is 2.42. The van der Waals surface area contributed by atoms with Crippen LogP contribution in [0.25, 0.3) is 32.9 Å². The van der Waals surface area contributed by atoms with Gasteiger partial charge in [-0.15, -0.1) is 5.54 Å². The Hall–Kier alpha value is -4.46. The molecule has 12 nitrogen and oxygen atoms in total. The Morgan fingerprint density at radius 2 is 1.64 bits per heavy atom. The van der Waals surface area contributed by atoms with Crippen molar-refractivity contribution in [1.82, 2.24) is 25.2 Å². The van der Waals surface area contributed by atoms with Gasteiger partial charge in [0.05, 0.1) is 10.9 Å². The van der Waals surface area contributed by atoms with Gasteiger partial charge in [-0.3, -0.25) is 9.88 Å². The molecule has 2 aliphatic rings. The molecule has 0 saturated carbocycles. The van der Waals surface area contributed by atoms with Crippen molar-refractivity contribution in [3.8, 4) is 40.4 Å². The van der Waals surface area contributed by atoms with Crippen LogP contribution in [0, 0.1) is 23.1 Å². The Morgan fingerprint density at radius 3 is 2.27 bits per heavy atom. The Morgan fingerprint density at radius 1 is 0.964 bits per heavy atom. The number of nitrogens with zero attached hydrogens (tertiary/aromatic N) is 4. The van der Waals surface area contributed by atoms with Gasteiger partial charge in [-0.2, -0.15) is 9.97 Å². The number of methoxy groups -OCH3 is 3. The number of piperazine rings is 1. The van der Waals surface area contributed by atoms with Gasteiger partial charge >= 0.3 is 12.1 Å². The largest absolute Gasteiger partial charge is 0.468 e. The number of hydrogen-bond acceptors (Lipinski definition) is 11. The van der Waals surface area contributed by atoms with Crippen LogP contribution >= 0.6 is 0 Å². The summed E-state index contributed by atoms with van der Waals surface area (Å²) in [4.78, 5) is 28.7. The number of pyridine rings is 1. The minimum atomic E-state index is -2.31. The average Bonchev–Trinajstić information content (AvgIpc) is 3.42. The van der Waals surface area contributed by atoms with Crippen molar-refractivity contribution in [1.29, 1.82) is 0 Å². The number of carbonyl (C=O) groups excluding carboxylic acids is 1. The van der Waals surface area contributed by atoms with Crippen LogP contribution in [0.2, 0.25) is 16.6 Å². The molecule has 0 radical (unpaired) electrons. The number of rotatable bonds is 13. The molecule has 4 aromatic rings. The predicted molar refractivity (Wildman–Crippen MR) is 211 cm³/mol. The average molecular weight is 792 g/mol. The number of halogens is 2. The fourth-order valence-corrected chi connectivity index (χ4v) is 13.7. The molecule has 300 valence electrons. The van der Waals surface area contributed by atoms with Gasteiger partial charge in [0.1, 0.15) is 37.5 Å². The molecule has 2 aromatic carbocycles. The summed E-state index contributed by atoms with van der Waals surface area (Å²) in [6.45, 7) is 14.2. The van der Waals surface area contributed by atoms with E-state index in [1.807, 2.05) is 0 Å². The SMILES string of the molecule is COCOc1cc(-c2ncc3c(OC(=O)N4C5CCC4CNC5)nc(OCC(OC)OC)nc3c2F)c2c(C#C[Si](C(C)C)(C(C)C)C(C)C)c(F)ccc2c1. The first-order chi connectivity index (χ1) is 26.8. The zero-order valence-electron chi connectivity index (χ0n) is 33.5. The highest BCUT2D eigenvalue weighted by molar-refractivity contribution is 6.90. The molecule has 0 spiro atoms. The molecule has 2 fully saturated rings. The van der Waals surface area contributed by atoms with Crippen LogP contribution in [0.1, 0.15) is 59.9 Å². The zero-order valence-corrected chi connectivity index (χ0v) is 34.5. The third-order valence-corrected chi connectivity index (χ3v) is 17.5. The molecule has 15 heteroatoms. The lowest BCUT2D eigenvalue weighted by Crippen LogP contribution is -2.55. The minimum absolute atomic E-state index is 0.0355. The van der Waals surface area contributed by atoms with Crippen molar-refractivity contribution in [3.63, 3.8) is 0 Å². The number of carbonyl (C=O) groups is 1. The Kier molecular flexibility index (Phi) is 12.8. The number of amides is 1. The van der Waals surface area contributed by atoms with Gasteiger partial charge in [0.15, 0.2) is 18.9 Å². The van der Waals surface area contributed by atoms with Crippen molar-refractivity contribution >= 4 is 35.8 Å². The van der Waals surface area contributed by atoms with Crippen LogP contribution in [0.5, 0.6) is 17.6 Å². The summed E-state index contributed by atoms with van der Waals surface area (Å²) >= 11 is 0. The summed E-state index contributed by atoms with van der Waals surface area (Å²) < 4.78 is 66.6. The molecular formula is C41H51F2N5O7Si. The number of aromatic nitrogens is 3. The van der Waals surface area contributed by atoms with Gasteiger partial charge in [-0.25, -0.2) is 13.6 Å².